The Kier molecular flexibility index (Phi) is 5.16. The van der Waals surface area contributed by atoms with Gasteiger partial charge in [-0.05, 0) is 49.1 Å². The van der Waals surface area contributed by atoms with Gasteiger partial charge < -0.3 is 10.0 Å². The summed E-state index contributed by atoms with van der Waals surface area (Å²) in [5, 5.41) is 8.63. The normalized spacial score (nSPS) is 12.9. The Morgan fingerprint density at radius 1 is 1.32 bits per heavy atom. The molecule has 1 atom stereocenters. The van der Waals surface area contributed by atoms with Crippen LogP contribution in [0.25, 0.3) is 6.08 Å². The third kappa shape index (κ3) is 4.12. The minimum Gasteiger partial charge on any atom is -0.478 e. The van der Waals surface area contributed by atoms with E-state index in [9.17, 15) is 4.79 Å². The van der Waals surface area contributed by atoms with Gasteiger partial charge in [-0.2, -0.15) is 0 Å². The van der Waals surface area contributed by atoms with Crippen molar-refractivity contribution in [3.8, 4) is 0 Å². The van der Waals surface area contributed by atoms with Crippen molar-refractivity contribution in [2.24, 2.45) is 5.92 Å². The lowest BCUT2D eigenvalue weighted by atomic mass is 10.0. The minimum absolute atomic E-state index is 0.458. The zero-order valence-corrected chi connectivity index (χ0v) is 12.3. The summed E-state index contributed by atoms with van der Waals surface area (Å²) >= 11 is 0. The Hall–Kier alpha value is -1.77. The van der Waals surface area contributed by atoms with E-state index < -0.39 is 5.97 Å². The van der Waals surface area contributed by atoms with Crippen molar-refractivity contribution < 1.29 is 9.90 Å². The van der Waals surface area contributed by atoms with E-state index in [-0.39, 0.29) is 0 Å². The second kappa shape index (κ2) is 6.41. The molecule has 0 saturated heterocycles. The first-order chi connectivity index (χ1) is 8.82. The molecule has 0 aliphatic rings. The van der Waals surface area contributed by atoms with Gasteiger partial charge in [-0.3, -0.25) is 0 Å². The number of carboxylic acid groups (broad SMARTS) is 1. The zero-order chi connectivity index (χ0) is 14.6. The maximum Gasteiger partial charge on any atom is 0.328 e. The topological polar surface area (TPSA) is 40.5 Å². The number of aliphatic carboxylic acids is 1. The van der Waals surface area contributed by atoms with Gasteiger partial charge in [0.25, 0.3) is 0 Å². The molecule has 0 bridgehead atoms. The molecule has 0 amide bonds. The van der Waals surface area contributed by atoms with Gasteiger partial charge in [0.1, 0.15) is 0 Å². The number of benzene rings is 1. The maximum atomic E-state index is 10.5. The number of carbonyl (C=O) groups is 1. The number of anilines is 1. The van der Waals surface area contributed by atoms with E-state index >= 15 is 0 Å². The monoisotopic (exact) mass is 261 g/mol. The SMILES string of the molecule is Cc1cc(C=CC(=O)O)ccc1N(C)C(C)C(C)C. The quantitative estimate of drug-likeness (QED) is 0.824. The van der Waals surface area contributed by atoms with Crippen LogP contribution in [0, 0.1) is 12.8 Å². The van der Waals surface area contributed by atoms with Crippen molar-refractivity contribution in [3.05, 3.63) is 35.4 Å². The zero-order valence-electron chi connectivity index (χ0n) is 12.3. The fraction of sp³-hybridized carbons (Fsp3) is 0.438. The molecule has 0 saturated carbocycles. The molecule has 1 aromatic carbocycles. The molecule has 0 spiro atoms. The summed E-state index contributed by atoms with van der Waals surface area (Å²) in [7, 11) is 2.10. The average Bonchev–Trinajstić information content (AvgIpc) is 2.34. The number of carboxylic acids is 1. The van der Waals surface area contributed by atoms with Crippen LogP contribution in [0.3, 0.4) is 0 Å². The lowest BCUT2D eigenvalue weighted by molar-refractivity contribution is -0.131. The Morgan fingerprint density at radius 2 is 1.95 bits per heavy atom. The predicted octanol–water partition coefficient (Wildman–Crippen LogP) is 3.57. The molecule has 0 aromatic heterocycles. The summed E-state index contributed by atoms with van der Waals surface area (Å²) in [6, 6.07) is 6.47. The van der Waals surface area contributed by atoms with Crippen LogP contribution in [0.4, 0.5) is 5.69 Å². The standard InChI is InChI=1S/C16H23NO2/c1-11(2)13(4)17(5)15-8-6-14(10-12(15)3)7-9-16(18)19/h6-11,13H,1-5H3,(H,18,19). The highest BCUT2D eigenvalue weighted by atomic mass is 16.4. The van der Waals surface area contributed by atoms with Gasteiger partial charge >= 0.3 is 5.97 Å². The molecule has 104 valence electrons. The number of hydrogen-bond acceptors (Lipinski definition) is 2. The molecule has 1 unspecified atom stereocenters. The molecule has 3 heteroatoms. The highest BCUT2D eigenvalue weighted by molar-refractivity contribution is 5.85. The van der Waals surface area contributed by atoms with Gasteiger partial charge in [0.05, 0.1) is 0 Å². The third-order valence-corrected chi connectivity index (χ3v) is 3.59. The fourth-order valence-electron chi connectivity index (χ4n) is 2.01. The first-order valence-electron chi connectivity index (χ1n) is 6.57. The highest BCUT2D eigenvalue weighted by Crippen LogP contribution is 2.24. The van der Waals surface area contributed by atoms with E-state index in [2.05, 4.69) is 45.7 Å². The minimum atomic E-state index is -0.924. The predicted molar refractivity (Wildman–Crippen MR) is 80.6 cm³/mol. The second-order valence-corrected chi connectivity index (χ2v) is 5.31. The Balaban J connectivity index is 2.97. The van der Waals surface area contributed by atoms with Crippen molar-refractivity contribution in [2.45, 2.75) is 33.7 Å². The van der Waals surface area contributed by atoms with Crippen LogP contribution < -0.4 is 4.90 Å². The van der Waals surface area contributed by atoms with E-state index in [0.29, 0.717) is 12.0 Å². The van der Waals surface area contributed by atoms with Crippen LogP contribution in [-0.2, 0) is 4.79 Å². The summed E-state index contributed by atoms with van der Waals surface area (Å²) in [5.41, 5.74) is 3.26. The van der Waals surface area contributed by atoms with Crippen LogP contribution in [0.1, 0.15) is 31.9 Å². The molecule has 0 heterocycles. The summed E-state index contributed by atoms with van der Waals surface area (Å²) in [4.78, 5) is 12.8. The Morgan fingerprint density at radius 3 is 2.42 bits per heavy atom. The lowest BCUT2D eigenvalue weighted by Crippen LogP contribution is -2.33. The van der Waals surface area contributed by atoms with Crippen molar-refractivity contribution >= 4 is 17.7 Å². The lowest BCUT2D eigenvalue weighted by Gasteiger charge is -2.31. The van der Waals surface area contributed by atoms with E-state index in [0.717, 1.165) is 17.2 Å². The fourth-order valence-corrected chi connectivity index (χ4v) is 2.01. The third-order valence-electron chi connectivity index (χ3n) is 3.59. The molecule has 19 heavy (non-hydrogen) atoms. The molecule has 0 aliphatic heterocycles. The van der Waals surface area contributed by atoms with Gasteiger partial charge in [0, 0.05) is 24.9 Å². The average molecular weight is 261 g/mol. The summed E-state index contributed by atoms with van der Waals surface area (Å²) in [6.45, 7) is 8.68. The molecule has 0 aliphatic carbocycles. The van der Waals surface area contributed by atoms with E-state index in [1.54, 1.807) is 6.08 Å². The molecule has 1 rings (SSSR count). The number of nitrogens with zero attached hydrogens (tertiary/aromatic N) is 1. The number of aryl methyl sites for hydroxylation is 1. The highest BCUT2D eigenvalue weighted by Gasteiger charge is 2.15. The van der Waals surface area contributed by atoms with Crippen LogP contribution in [0.2, 0.25) is 0 Å². The van der Waals surface area contributed by atoms with Gasteiger partial charge in [-0.15, -0.1) is 0 Å². The van der Waals surface area contributed by atoms with Crippen molar-refractivity contribution in [2.75, 3.05) is 11.9 Å². The van der Waals surface area contributed by atoms with E-state index in [4.69, 9.17) is 5.11 Å². The molecule has 1 aromatic rings. The maximum absolute atomic E-state index is 10.5. The summed E-state index contributed by atoms with van der Waals surface area (Å²) in [6.07, 6.45) is 2.78. The molecule has 3 nitrogen and oxygen atoms in total. The van der Waals surface area contributed by atoms with Gasteiger partial charge in [-0.1, -0.05) is 19.9 Å². The first-order valence-corrected chi connectivity index (χ1v) is 6.57. The van der Waals surface area contributed by atoms with Gasteiger partial charge in [0.2, 0.25) is 0 Å². The number of hydrogen-bond donors (Lipinski definition) is 1. The van der Waals surface area contributed by atoms with Crippen LogP contribution in [0.15, 0.2) is 24.3 Å². The van der Waals surface area contributed by atoms with Crippen molar-refractivity contribution in [1.29, 1.82) is 0 Å². The molecular weight excluding hydrogens is 238 g/mol. The van der Waals surface area contributed by atoms with Gasteiger partial charge in [-0.25, -0.2) is 4.79 Å². The largest absolute Gasteiger partial charge is 0.478 e. The first kappa shape index (κ1) is 15.3. The summed E-state index contributed by atoms with van der Waals surface area (Å²) in [5.74, 6) is -0.344. The Bertz CT molecular complexity index is 478. The van der Waals surface area contributed by atoms with E-state index in [1.165, 1.54) is 5.69 Å². The van der Waals surface area contributed by atoms with Crippen molar-refractivity contribution in [3.63, 3.8) is 0 Å². The Labute approximate surface area is 115 Å². The molecule has 0 radical (unpaired) electrons. The number of rotatable bonds is 5. The van der Waals surface area contributed by atoms with Crippen LogP contribution in [0.5, 0.6) is 0 Å². The van der Waals surface area contributed by atoms with Crippen LogP contribution in [-0.4, -0.2) is 24.2 Å². The molecule has 0 fully saturated rings. The van der Waals surface area contributed by atoms with Crippen molar-refractivity contribution in [1.82, 2.24) is 0 Å². The van der Waals surface area contributed by atoms with Gasteiger partial charge in [0.15, 0.2) is 0 Å². The molecular formula is C16H23NO2. The second-order valence-electron chi connectivity index (χ2n) is 5.31. The van der Waals surface area contributed by atoms with E-state index in [1.807, 2.05) is 12.1 Å². The smallest absolute Gasteiger partial charge is 0.328 e. The van der Waals surface area contributed by atoms with Crippen LogP contribution >= 0.6 is 0 Å². The summed E-state index contributed by atoms with van der Waals surface area (Å²) < 4.78 is 0. The molecule has 1 N–H and O–H groups in total.